The van der Waals surface area contributed by atoms with Crippen LogP contribution in [0, 0.1) is 0 Å². The molecule has 2 aromatic rings. The van der Waals surface area contributed by atoms with Crippen molar-refractivity contribution in [3.05, 3.63) is 41.7 Å². The third-order valence-corrected chi connectivity index (χ3v) is 3.81. The van der Waals surface area contributed by atoms with Crippen molar-refractivity contribution in [1.82, 2.24) is 15.0 Å². The molecule has 0 saturated carbocycles. The molecular weight excluding hydrogens is 300 g/mol. The largest absolute Gasteiger partial charge is 0.330 e. The molecule has 2 N–H and O–H groups in total. The predicted molar refractivity (Wildman–Crippen MR) is 78.7 cm³/mol. The summed E-state index contributed by atoms with van der Waals surface area (Å²) in [5.74, 6) is 0. The molecule has 110 valence electrons. The van der Waals surface area contributed by atoms with E-state index in [0.29, 0.717) is 24.4 Å². The van der Waals surface area contributed by atoms with E-state index >= 15 is 0 Å². The number of hydrogen-bond donors (Lipinski definition) is 1. The Morgan fingerprint density at radius 2 is 1.90 bits per heavy atom. The van der Waals surface area contributed by atoms with Gasteiger partial charge in [-0.25, -0.2) is 13.1 Å². The van der Waals surface area contributed by atoms with Crippen molar-refractivity contribution in [1.29, 1.82) is 0 Å². The fourth-order valence-corrected chi connectivity index (χ4v) is 2.34. The standard InChI is InChI=1S/C12H16N4O2S.ClH/c1-19(17,18)12-4-2-10(3-5-12)8-16-9-11(6-7-13)14-15-16;/h2-5,9H,6-8,13H2,1H3;1H. The Kier molecular flexibility index (Phi) is 5.67. The zero-order valence-electron chi connectivity index (χ0n) is 11.1. The van der Waals surface area contributed by atoms with E-state index in [4.69, 9.17) is 5.73 Å². The van der Waals surface area contributed by atoms with Crippen molar-refractivity contribution in [2.45, 2.75) is 17.9 Å². The number of sulfone groups is 1. The van der Waals surface area contributed by atoms with Crippen molar-refractivity contribution in [2.24, 2.45) is 5.73 Å². The Morgan fingerprint density at radius 3 is 2.45 bits per heavy atom. The maximum atomic E-state index is 11.3. The van der Waals surface area contributed by atoms with Crippen molar-refractivity contribution in [2.75, 3.05) is 12.8 Å². The molecule has 0 spiro atoms. The van der Waals surface area contributed by atoms with E-state index in [1.807, 2.05) is 6.20 Å². The Bertz CT molecular complexity index is 652. The minimum atomic E-state index is -3.14. The molecule has 0 aliphatic carbocycles. The topological polar surface area (TPSA) is 90.9 Å². The summed E-state index contributed by atoms with van der Waals surface area (Å²) in [6.45, 7) is 1.10. The van der Waals surface area contributed by atoms with Gasteiger partial charge in [-0.3, -0.25) is 0 Å². The number of halogens is 1. The zero-order chi connectivity index (χ0) is 13.9. The second-order valence-electron chi connectivity index (χ2n) is 4.36. The molecule has 0 aliphatic heterocycles. The predicted octanol–water partition coefficient (Wildman–Crippen LogP) is 0.653. The molecule has 0 radical (unpaired) electrons. The van der Waals surface area contributed by atoms with E-state index in [1.54, 1.807) is 28.9 Å². The Hall–Kier alpha value is -1.44. The lowest BCUT2D eigenvalue weighted by atomic mass is 10.2. The van der Waals surface area contributed by atoms with Gasteiger partial charge in [0.15, 0.2) is 9.84 Å². The Balaban J connectivity index is 0.00000200. The van der Waals surface area contributed by atoms with Crippen molar-refractivity contribution >= 4 is 22.2 Å². The van der Waals surface area contributed by atoms with Crippen LogP contribution in [0.25, 0.3) is 0 Å². The number of rotatable bonds is 5. The maximum Gasteiger partial charge on any atom is 0.175 e. The number of hydrogen-bond acceptors (Lipinski definition) is 5. The van der Waals surface area contributed by atoms with Gasteiger partial charge in [0.1, 0.15) is 0 Å². The summed E-state index contributed by atoms with van der Waals surface area (Å²) >= 11 is 0. The van der Waals surface area contributed by atoms with Gasteiger partial charge in [-0.15, -0.1) is 17.5 Å². The van der Waals surface area contributed by atoms with Crippen LogP contribution in [0.3, 0.4) is 0 Å². The third kappa shape index (κ3) is 4.29. The second kappa shape index (κ2) is 6.83. The molecule has 0 bridgehead atoms. The summed E-state index contributed by atoms with van der Waals surface area (Å²) in [6.07, 6.45) is 3.74. The lowest BCUT2D eigenvalue weighted by molar-refractivity contribution is 0.601. The highest BCUT2D eigenvalue weighted by atomic mass is 35.5. The Labute approximate surface area is 124 Å². The number of aromatic nitrogens is 3. The summed E-state index contributed by atoms with van der Waals surface area (Å²) in [5.41, 5.74) is 7.27. The van der Waals surface area contributed by atoms with Gasteiger partial charge in [0.05, 0.1) is 17.1 Å². The number of benzene rings is 1. The molecule has 0 amide bonds. The van der Waals surface area contributed by atoms with Crippen LogP contribution in [0.5, 0.6) is 0 Å². The van der Waals surface area contributed by atoms with Gasteiger partial charge >= 0.3 is 0 Å². The van der Waals surface area contributed by atoms with E-state index in [0.717, 1.165) is 11.3 Å². The molecule has 0 saturated heterocycles. The molecule has 0 atom stereocenters. The molecule has 0 aliphatic rings. The first-order chi connectivity index (χ1) is 8.99. The van der Waals surface area contributed by atoms with E-state index in [-0.39, 0.29) is 12.4 Å². The monoisotopic (exact) mass is 316 g/mol. The SMILES string of the molecule is CS(=O)(=O)c1ccc(Cn2cc(CCN)nn2)cc1.Cl. The quantitative estimate of drug-likeness (QED) is 0.874. The smallest absolute Gasteiger partial charge is 0.175 e. The van der Waals surface area contributed by atoms with E-state index in [9.17, 15) is 8.42 Å². The molecule has 0 fully saturated rings. The average molecular weight is 317 g/mol. The fourth-order valence-electron chi connectivity index (χ4n) is 1.71. The minimum Gasteiger partial charge on any atom is -0.330 e. The highest BCUT2D eigenvalue weighted by Crippen LogP contribution is 2.11. The van der Waals surface area contributed by atoms with Gasteiger partial charge in [-0.1, -0.05) is 17.3 Å². The van der Waals surface area contributed by atoms with Crippen LogP contribution in [-0.2, 0) is 22.8 Å². The molecule has 0 unspecified atom stereocenters. The van der Waals surface area contributed by atoms with Gasteiger partial charge < -0.3 is 5.73 Å². The highest BCUT2D eigenvalue weighted by molar-refractivity contribution is 7.90. The molecule has 2 rings (SSSR count). The Morgan fingerprint density at radius 1 is 1.25 bits per heavy atom. The van der Waals surface area contributed by atoms with Crippen molar-refractivity contribution < 1.29 is 8.42 Å². The van der Waals surface area contributed by atoms with Crippen LogP contribution in [0.1, 0.15) is 11.3 Å². The summed E-state index contributed by atoms with van der Waals surface area (Å²) in [5, 5.41) is 7.99. The number of nitrogens with zero attached hydrogens (tertiary/aromatic N) is 3. The third-order valence-electron chi connectivity index (χ3n) is 2.68. The first kappa shape index (κ1) is 16.6. The molecule has 8 heteroatoms. The maximum absolute atomic E-state index is 11.3. The van der Waals surface area contributed by atoms with Gasteiger partial charge in [0, 0.05) is 18.9 Å². The molecule has 20 heavy (non-hydrogen) atoms. The van der Waals surface area contributed by atoms with Gasteiger partial charge in [0.25, 0.3) is 0 Å². The van der Waals surface area contributed by atoms with Crippen LogP contribution < -0.4 is 5.73 Å². The van der Waals surface area contributed by atoms with Gasteiger partial charge in [0.2, 0.25) is 0 Å². The van der Waals surface area contributed by atoms with Gasteiger partial charge in [-0.2, -0.15) is 0 Å². The first-order valence-electron chi connectivity index (χ1n) is 5.87. The zero-order valence-corrected chi connectivity index (χ0v) is 12.7. The van der Waals surface area contributed by atoms with Crippen molar-refractivity contribution in [3.8, 4) is 0 Å². The molecule has 1 aromatic heterocycles. The average Bonchev–Trinajstić information content (AvgIpc) is 2.77. The van der Waals surface area contributed by atoms with E-state index in [2.05, 4.69) is 10.3 Å². The summed E-state index contributed by atoms with van der Waals surface area (Å²) in [6, 6.07) is 6.76. The van der Waals surface area contributed by atoms with Crippen LogP contribution in [0.15, 0.2) is 35.4 Å². The van der Waals surface area contributed by atoms with Crippen LogP contribution in [0.4, 0.5) is 0 Å². The normalized spacial score (nSPS) is 11.1. The minimum absolute atomic E-state index is 0. The summed E-state index contributed by atoms with van der Waals surface area (Å²) < 4.78 is 24.4. The lowest BCUT2D eigenvalue weighted by Crippen LogP contribution is -2.03. The fraction of sp³-hybridized carbons (Fsp3) is 0.333. The molecule has 1 aromatic carbocycles. The van der Waals surface area contributed by atoms with Crippen LogP contribution in [0.2, 0.25) is 0 Å². The highest BCUT2D eigenvalue weighted by Gasteiger charge is 2.06. The summed E-state index contributed by atoms with van der Waals surface area (Å²) in [7, 11) is -3.14. The molecular formula is C12H17ClN4O2S. The van der Waals surface area contributed by atoms with Crippen molar-refractivity contribution in [3.63, 3.8) is 0 Å². The lowest BCUT2D eigenvalue weighted by Gasteiger charge is -2.02. The van der Waals surface area contributed by atoms with Crippen LogP contribution >= 0.6 is 12.4 Å². The molecule has 6 nitrogen and oxygen atoms in total. The first-order valence-corrected chi connectivity index (χ1v) is 7.76. The number of nitrogens with two attached hydrogens (primary N) is 1. The summed E-state index contributed by atoms with van der Waals surface area (Å²) in [4.78, 5) is 0.318. The van der Waals surface area contributed by atoms with Crippen LogP contribution in [-0.4, -0.2) is 36.2 Å². The van der Waals surface area contributed by atoms with E-state index < -0.39 is 9.84 Å². The van der Waals surface area contributed by atoms with E-state index in [1.165, 1.54) is 6.26 Å². The van der Waals surface area contributed by atoms with Gasteiger partial charge in [-0.05, 0) is 24.2 Å². The molecule has 1 heterocycles. The second-order valence-corrected chi connectivity index (χ2v) is 6.38.